The summed E-state index contributed by atoms with van der Waals surface area (Å²) in [5, 5.41) is 0. The van der Waals surface area contributed by atoms with Gasteiger partial charge in [-0.3, -0.25) is 4.79 Å². The van der Waals surface area contributed by atoms with Gasteiger partial charge in [0.2, 0.25) is 0 Å². The van der Waals surface area contributed by atoms with Crippen LogP contribution in [0.3, 0.4) is 0 Å². The number of aryl methyl sites for hydroxylation is 1. The van der Waals surface area contributed by atoms with Gasteiger partial charge in [0.25, 0.3) is 5.91 Å². The zero-order chi connectivity index (χ0) is 16.4. The maximum atomic E-state index is 12.9. The zero-order valence-corrected chi connectivity index (χ0v) is 13.8. The van der Waals surface area contributed by atoms with Gasteiger partial charge in [-0.05, 0) is 25.0 Å². The highest BCUT2D eigenvalue weighted by Gasteiger charge is 2.35. The maximum Gasteiger partial charge on any atom is 0.257 e. The van der Waals surface area contributed by atoms with Crippen LogP contribution in [0, 0.1) is 6.92 Å². The van der Waals surface area contributed by atoms with Crippen molar-refractivity contribution < 1.29 is 17.6 Å². The first kappa shape index (κ1) is 15.8. The van der Waals surface area contributed by atoms with E-state index in [4.69, 9.17) is 4.42 Å². The molecule has 2 aromatic rings. The molecule has 2 heterocycles. The molecule has 0 N–H and O–H groups in total. The Morgan fingerprint density at radius 2 is 2.00 bits per heavy atom. The van der Waals surface area contributed by atoms with E-state index in [-0.39, 0.29) is 23.5 Å². The standard InChI is InChI=1S/C17H19NO4S/c1-13-16(7-9-22-13)17(19)18(11-14-5-3-2-4-6-14)15-8-10-23(20,21)12-15/h2-7,9,15H,8,10-12H2,1H3. The monoisotopic (exact) mass is 333 g/mol. The Labute approximate surface area is 135 Å². The van der Waals surface area contributed by atoms with Gasteiger partial charge in [-0.25, -0.2) is 8.42 Å². The van der Waals surface area contributed by atoms with Crippen molar-refractivity contribution in [1.29, 1.82) is 0 Å². The third-order valence-electron chi connectivity index (χ3n) is 4.20. The number of benzene rings is 1. The summed E-state index contributed by atoms with van der Waals surface area (Å²) < 4.78 is 28.9. The molecule has 1 aromatic carbocycles. The number of amides is 1. The molecule has 23 heavy (non-hydrogen) atoms. The molecule has 1 unspecified atom stereocenters. The van der Waals surface area contributed by atoms with Crippen molar-refractivity contribution in [2.24, 2.45) is 0 Å². The normalized spacial score (nSPS) is 19.6. The lowest BCUT2D eigenvalue weighted by Gasteiger charge is -2.28. The van der Waals surface area contributed by atoms with Crippen molar-refractivity contribution in [3.05, 3.63) is 59.5 Å². The third kappa shape index (κ3) is 3.47. The Bertz CT molecular complexity index is 795. The van der Waals surface area contributed by atoms with E-state index in [0.29, 0.717) is 24.3 Å². The average Bonchev–Trinajstić information content (AvgIpc) is 3.10. The smallest absolute Gasteiger partial charge is 0.257 e. The summed E-state index contributed by atoms with van der Waals surface area (Å²) in [7, 11) is -3.06. The topological polar surface area (TPSA) is 67.6 Å². The van der Waals surface area contributed by atoms with Crippen LogP contribution in [0.25, 0.3) is 0 Å². The molecule has 1 aliphatic rings. The van der Waals surface area contributed by atoms with E-state index in [1.54, 1.807) is 17.9 Å². The molecule has 122 valence electrons. The van der Waals surface area contributed by atoms with E-state index in [1.165, 1.54) is 6.26 Å². The molecule has 0 spiro atoms. The first-order chi connectivity index (χ1) is 11.0. The number of carbonyl (C=O) groups excluding carboxylic acids is 1. The summed E-state index contributed by atoms with van der Waals surface area (Å²) in [5.41, 5.74) is 1.47. The number of sulfone groups is 1. The van der Waals surface area contributed by atoms with Crippen molar-refractivity contribution in [1.82, 2.24) is 4.90 Å². The second-order valence-electron chi connectivity index (χ2n) is 5.87. The molecule has 0 radical (unpaired) electrons. The van der Waals surface area contributed by atoms with E-state index in [1.807, 2.05) is 30.3 Å². The van der Waals surface area contributed by atoms with Crippen LogP contribution in [-0.4, -0.2) is 36.8 Å². The molecular weight excluding hydrogens is 314 g/mol. The van der Waals surface area contributed by atoms with Gasteiger partial charge in [0.15, 0.2) is 9.84 Å². The SMILES string of the molecule is Cc1occc1C(=O)N(Cc1ccccc1)C1CCS(=O)(=O)C1. The highest BCUT2D eigenvalue weighted by Crippen LogP contribution is 2.23. The Balaban J connectivity index is 1.90. The quantitative estimate of drug-likeness (QED) is 0.862. The zero-order valence-electron chi connectivity index (χ0n) is 12.9. The van der Waals surface area contributed by atoms with Crippen LogP contribution in [0.5, 0.6) is 0 Å². The minimum atomic E-state index is -3.06. The fourth-order valence-corrected chi connectivity index (χ4v) is 4.66. The Morgan fingerprint density at radius 3 is 2.57 bits per heavy atom. The lowest BCUT2D eigenvalue weighted by atomic mass is 10.1. The molecule has 0 bridgehead atoms. The van der Waals surface area contributed by atoms with Crippen LogP contribution in [0.1, 0.15) is 28.1 Å². The summed E-state index contributed by atoms with van der Waals surface area (Å²) in [5.74, 6) is 0.541. The highest BCUT2D eigenvalue weighted by molar-refractivity contribution is 7.91. The first-order valence-electron chi connectivity index (χ1n) is 7.56. The number of carbonyl (C=O) groups is 1. The van der Waals surface area contributed by atoms with Crippen molar-refractivity contribution in [3.63, 3.8) is 0 Å². The predicted octanol–water partition coefficient (Wildman–Crippen LogP) is 2.42. The maximum absolute atomic E-state index is 12.9. The number of furan rings is 1. The van der Waals surface area contributed by atoms with E-state index >= 15 is 0 Å². The van der Waals surface area contributed by atoms with Gasteiger partial charge in [0, 0.05) is 12.6 Å². The van der Waals surface area contributed by atoms with Gasteiger partial charge >= 0.3 is 0 Å². The largest absolute Gasteiger partial charge is 0.469 e. The van der Waals surface area contributed by atoms with Crippen molar-refractivity contribution in [3.8, 4) is 0 Å². The van der Waals surface area contributed by atoms with Crippen LogP contribution in [0.15, 0.2) is 47.1 Å². The fourth-order valence-electron chi connectivity index (χ4n) is 2.93. The molecule has 5 nitrogen and oxygen atoms in total. The fraction of sp³-hybridized carbons (Fsp3) is 0.353. The summed E-state index contributed by atoms with van der Waals surface area (Å²) in [4.78, 5) is 14.6. The summed E-state index contributed by atoms with van der Waals surface area (Å²) in [6.45, 7) is 2.13. The first-order valence-corrected chi connectivity index (χ1v) is 9.38. The van der Waals surface area contributed by atoms with Crippen molar-refractivity contribution >= 4 is 15.7 Å². The van der Waals surface area contributed by atoms with Crippen molar-refractivity contribution in [2.45, 2.75) is 25.9 Å². The van der Waals surface area contributed by atoms with Crippen LogP contribution in [-0.2, 0) is 16.4 Å². The van der Waals surface area contributed by atoms with Gasteiger partial charge in [-0.15, -0.1) is 0 Å². The molecule has 1 fully saturated rings. The Hall–Kier alpha value is -2.08. The molecule has 1 aromatic heterocycles. The van der Waals surface area contributed by atoms with Gasteiger partial charge < -0.3 is 9.32 Å². The Kier molecular flexibility index (Phi) is 4.26. The number of rotatable bonds is 4. The van der Waals surface area contributed by atoms with E-state index < -0.39 is 9.84 Å². The molecule has 3 rings (SSSR count). The molecule has 0 saturated carbocycles. The molecule has 1 aliphatic heterocycles. The van der Waals surface area contributed by atoms with Crippen LogP contribution < -0.4 is 0 Å². The predicted molar refractivity (Wildman–Crippen MR) is 86.8 cm³/mol. The van der Waals surface area contributed by atoms with Gasteiger partial charge in [0.05, 0.1) is 23.3 Å². The number of hydrogen-bond donors (Lipinski definition) is 0. The summed E-state index contributed by atoms with van der Waals surface area (Å²) >= 11 is 0. The molecule has 0 aliphatic carbocycles. The van der Waals surface area contributed by atoms with E-state index in [9.17, 15) is 13.2 Å². The molecule has 6 heteroatoms. The highest BCUT2D eigenvalue weighted by atomic mass is 32.2. The number of nitrogens with zero attached hydrogens (tertiary/aromatic N) is 1. The van der Waals surface area contributed by atoms with Gasteiger partial charge in [-0.2, -0.15) is 0 Å². The minimum Gasteiger partial charge on any atom is -0.469 e. The summed E-state index contributed by atoms with van der Waals surface area (Å²) in [6, 6.07) is 11.0. The number of hydrogen-bond acceptors (Lipinski definition) is 4. The van der Waals surface area contributed by atoms with E-state index in [2.05, 4.69) is 0 Å². The summed E-state index contributed by atoms with van der Waals surface area (Å²) in [6.07, 6.45) is 1.96. The van der Waals surface area contributed by atoms with Crippen molar-refractivity contribution in [2.75, 3.05) is 11.5 Å². The van der Waals surface area contributed by atoms with Crippen LogP contribution in [0.4, 0.5) is 0 Å². The minimum absolute atomic E-state index is 0.0302. The second-order valence-corrected chi connectivity index (χ2v) is 8.09. The average molecular weight is 333 g/mol. The Morgan fingerprint density at radius 1 is 1.26 bits per heavy atom. The molecule has 1 amide bonds. The molecular formula is C17H19NO4S. The van der Waals surface area contributed by atoms with Crippen LogP contribution >= 0.6 is 0 Å². The molecule has 1 atom stereocenters. The van der Waals surface area contributed by atoms with Crippen LogP contribution in [0.2, 0.25) is 0 Å². The third-order valence-corrected chi connectivity index (χ3v) is 5.95. The van der Waals surface area contributed by atoms with Gasteiger partial charge in [0.1, 0.15) is 5.76 Å². The lowest BCUT2D eigenvalue weighted by Crippen LogP contribution is -2.40. The van der Waals surface area contributed by atoms with E-state index in [0.717, 1.165) is 5.56 Å². The van der Waals surface area contributed by atoms with Gasteiger partial charge in [-0.1, -0.05) is 30.3 Å². The second kappa shape index (κ2) is 6.20. The lowest BCUT2D eigenvalue weighted by molar-refractivity contribution is 0.0679. The molecule has 1 saturated heterocycles.